The molecule has 0 bridgehead atoms. The van der Waals surface area contributed by atoms with E-state index in [0.717, 1.165) is 22.0 Å². The number of rotatable bonds is 9. The molecule has 4 rings (SSSR count). The number of amides is 2. The van der Waals surface area contributed by atoms with Gasteiger partial charge in [-0.15, -0.1) is 0 Å². The van der Waals surface area contributed by atoms with Crippen LogP contribution in [0.2, 0.25) is 18.1 Å². The third-order valence-corrected chi connectivity index (χ3v) is 12.8. The van der Waals surface area contributed by atoms with Crippen molar-refractivity contribution in [1.29, 1.82) is 0 Å². The zero-order valence-electron chi connectivity index (χ0n) is 25.1. The van der Waals surface area contributed by atoms with Gasteiger partial charge < -0.3 is 14.3 Å². The SMILES string of the molecule is CC(O[Si](C)(C)C(C)(C)C)[C@@H](/C=C/c1ccc2ccc([C@@H](C)O)nc2c1)C(=O)N1C(=O)OCC1Cc1ccccc1. The van der Waals surface area contributed by atoms with Crippen molar-refractivity contribution in [3.63, 3.8) is 0 Å². The molecule has 1 saturated heterocycles. The van der Waals surface area contributed by atoms with E-state index in [1.807, 2.05) is 79.7 Å². The fourth-order valence-corrected chi connectivity index (χ4v) is 6.21. The normalized spacial score (nSPS) is 18.5. The van der Waals surface area contributed by atoms with Crippen molar-refractivity contribution in [2.45, 2.75) is 77.4 Å². The number of imide groups is 1. The van der Waals surface area contributed by atoms with Gasteiger partial charge in [-0.05, 0) is 61.7 Å². The molecule has 218 valence electrons. The summed E-state index contributed by atoms with van der Waals surface area (Å²) in [4.78, 5) is 32.9. The number of fused-ring (bicyclic) bond motifs is 1. The summed E-state index contributed by atoms with van der Waals surface area (Å²) >= 11 is 0. The van der Waals surface area contributed by atoms with Crippen LogP contribution in [-0.2, 0) is 20.4 Å². The molecule has 1 N–H and O–H groups in total. The second-order valence-electron chi connectivity index (χ2n) is 12.5. The molecule has 4 atom stereocenters. The predicted molar refractivity (Wildman–Crippen MR) is 165 cm³/mol. The smallest absolute Gasteiger partial charge is 0.417 e. The van der Waals surface area contributed by atoms with Gasteiger partial charge in [0.1, 0.15) is 6.61 Å². The van der Waals surface area contributed by atoms with Crippen LogP contribution >= 0.6 is 0 Å². The number of carbonyl (C=O) groups excluding carboxylic acids is 2. The van der Waals surface area contributed by atoms with Crippen LogP contribution in [0, 0.1) is 5.92 Å². The Labute approximate surface area is 244 Å². The number of aliphatic hydroxyl groups excluding tert-OH is 1. The van der Waals surface area contributed by atoms with Crippen LogP contribution in [-0.4, -0.2) is 54.1 Å². The van der Waals surface area contributed by atoms with Gasteiger partial charge in [-0.1, -0.05) is 81.5 Å². The van der Waals surface area contributed by atoms with Gasteiger partial charge in [0.15, 0.2) is 8.32 Å². The Bertz CT molecular complexity index is 1410. The van der Waals surface area contributed by atoms with Gasteiger partial charge in [-0.3, -0.25) is 9.78 Å². The largest absolute Gasteiger partial charge is 0.447 e. The van der Waals surface area contributed by atoms with Gasteiger partial charge in [0.05, 0.1) is 35.4 Å². The molecule has 0 aliphatic carbocycles. The minimum absolute atomic E-state index is 0.0491. The predicted octanol–water partition coefficient (Wildman–Crippen LogP) is 6.92. The van der Waals surface area contributed by atoms with Crippen molar-refractivity contribution >= 4 is 37.3 Å². The lowest BCUT2D eigenvalue weighted by atomic mass is 9.98. The first-order chi connectivity index (χ1) is 19.3. The molecule has 2 unspecified atom stereocenters. The number of pyridine rings is 1. The van der Waals surface area contributed by atoms with Gasteiger partial charge >= 0.3 is 6.09 Å². The van der Waals surface area contributed by atoms with Crippen LogP contribution in [0.25, 0.3) is 17.0 Å². The van der Waals surface area contributed by atoms with E-state index in [2.05, 4.69) is 38.8 Å². The van der Waals surface area contributed by atoms with E-state index >= 15 is 0 Å². The summed E-state index contributed by atoms with van der Waals surface area (Å²) in [6.07, 6.45) is 2.50. The maximum atomic E-state index is 14.2. The van der Waals surface area contributed by atoms with Gasteiger partial charge in [-0.2, -0.15) is 0 Å². The molecular weight excluding hydrogens is 532 g/mol. The molecule has 0 saturated carbocycles. The summed E-state index contributed by atoms with van der Waals surface area (Å²) in [7, 11) is -2.23. The molecule has 3 aromatic rings. The molecular formula is C33H42N2O5Si. The molecule has 1 aromatic heterocycles. The van der Waals surface area contributed by atoms with E-state index in [9.17, 15) is 14.7 Å². The van der Waals surface area contributed by atoms with Crippen LogP contribution in [0.4, 0.5) is 4.79 Å². The number of hydrogen-bond donors (Lipinski definition) is 1. The van der Waals surface area contributed by atoms with Crippen molar-refractivity contribution in [3.8, 4) is 0 Å². The minimum Gasteiger partial charge on any atom is -0.447 e. The average Bonchev–Trinajstić information content (AvgIpc) is 3.27. The molecule has 1 aliphatic heterocycles. The maximum absolute atomic E-state index is 14.2. The molecule has 1 aliphatic rings. The number of benzene rings is 2. The number of hydrogen-bond acceptors (Lipinski definition) is 6. The van der Waals surface area contributed by atoms with Crippen molar-refractivity contribution in [2.24, 2.45) is 5.92 Å². The highest BCUT2D eigenvalue weighted by atomic mass is 28.4. The number of nitrogens with zero attached hydrogens (tertiary/aromatic N) is 2. The Morgan fingerprint density at radius 1 is 1.15 bits per heavy atom. The van der Waals surface area contributed by atoms with Gasteiger partial charge in [0.25, 0.3) is 0 Å². The van der Waals surface area contributed by atoms with E-state index in [4.69, 9.17) is 9.16 Å². The Morgan fingerprint density at radius 3 is 2.49 bits per heavy atom. The van der Waals surface area contributed by atoms with Crippen LogP contribution in [0.3, 0.4) is 0 Å². The highest BCUT2D eigenvalue weighted by Gasteiger charge is 2.44. The zero-order valence-corrected chi connectivity index (χ0v) is 26.1. The van der Waals surface area contributed by atoms with Crippen LogP contribution in [0.5, 0.6) is 0 Å². The van der Waals surface area contributed by atoms with Crippen LogP contribution in [0.15, 0.2) is 66.7 Å². The second kappa shape index (κ2) is 12.3. The van der Waals surface area contributed by atoms with E-state index in [-0.39, 0.29) is 17.6 Å². The molecule has 8 heteroatoms. The van der Waals surface area contributed by atoms with E-state index in [1.165, 1.54) is 4.90 Å². The van der Waals surface area contributed by atoms with Crippen LogP contribution in [0.1, 0.15) is 57.5 Å². The second-order valence-corrected chi connectivity index (χ2v) is 17.2. The lowest BCUT2D eigenvalue weighted by Crippen LogP contribution is -2.50. The number of aromatic nitrogens is 1. The van der Waals surface area contributed by atoms with Crippen LogP contribution < -0.4 is 0 Å². The first kappa shape index (κ1) is 30.6. The summed E-state index contributed by atoms with van der Waals surface area (Å²) < 4.78 is 12.1. The first-order valence-electron chi connectivity index (χ1n) is 14.3. The lowest BCUT2D eigenvalue weighted by molar-refractivity contribution is -0.134. The molecule has 0 radical (unpaired) electrons. The minimum atomic E-state index is -2.23. The number of ether oxygens (including phenoxy) is 1. The highest BCUT2D eigenvalue weighted by molar-refractivity contribution is 6.74. The standard InChI is InChI=1S/C33H42N2O5Si/c1-22(36)29-18-16-26-15-13-25(20-30(26)34-29)14-17-28(23(2)40-41(6,7)33(3,4)5)31(37)35-27(21-39-32(35)38)19-24-11-9-8-10-12-24/h8-18,20,22-23,27-28,36H,19,21H2,1-7H3/b17-14+/t22-,23?,27?,28-/m1/s1. The highest BCUT2D eigenvalue weighted by Crippen LogP contribution is 2.38. The average molecular weight is 575 g/mol. The first-order valence-corrected chi connectivity index (χ1v) is 17.2. The van der Waals surface area contributed by atoms with Gasteiger partial charge in [0, 0.05) is 5.39 Å². The summed E-state index contributed by atoms with van der Waals surface area (Å²) in [6, 6.07) is 19.0. The van der Waals surface area contributed by atoms with Crippen molar-refractivity contribution in [3.05, 3.63) is 83.6 Å². The fraction of sp³-hybridized carbons (Fsp3) is 0.424. The molecule has 0 spiro atoms. The van der Waals surface area contributed by atoms with E-state index in [1.54, 1.807) is 6.92 Å². The van der Waals surface area contributed by atoms with Crippen molar-refractivity contribution in [1.82, 2.24) is 9.88 Å². The van der Waals surface area contributed by atoms with Gasteiger partial charge in [-0.25, -0.2) is 9.69 Å². The summed E-state index contributed by atoms with van der Waals surface area (Å²) in [6.45, 7) is 14.6. The van der Waals surface area contributed by atoms with E-state index < -0.39 is 38.6 Å². The maximum Gasteiger partial charge on any atom is 0.417 e. The summed E-state index contributed by atoms with van der Waals surface area (Å²) in [5, 5.41) is 10.9. The quantitative estimate of drug-likeness (QED) is 0.279. The molecule has 2 amide bonds. The summed E-state index contributed by atoms with van der Waals surface area (Å²) in [5.74, 6) is -1.04. The molecule has 2 heterocycles. The van der Waals surface area contributed by atoms with E-state index in [0.29, 0.717) is 12.1 Å². The monoisotopic (exact) mass is 574 g/mol. The Morgan fingerprint density at radius 2 is 1.83 bits per heavy atom. The lowest BCUT2D eigenvalue weighted by Gasteiger charge is -2.40. The van der Waals surface area contributed by atoms with Crippen molar-refractivity contribution in [2.75, 3.05) is 6.61 Å². The third-order valence-electron chi connectivity index (χ3n) is 8.25. The number of carbonyl (C=O) groups is 2. The van der Waals surface area contributed by atoms with Gasteiger partial charge in [0.2, 0.25) is 5.91 Å². The third kappa shape index (κ3) is 7.12. The number of cyclic esters (lactones) is 1. The molecule has 2 aromatic carbocycles. The topological polar surface area (TPSA) is 89.0 Å². The molecule has 7 nitrogen and oxygen atoms in total. The summed E-state index contributed by atoms with van der Waals surface area (Å²) in [5.41, 5.74) is 3.24. The molecule has 1 fully saturated rings. The Hall–Kier alpha value is -3.33. The number of aliphatic hydroxyl groups is 1. The zero-order chi connectivity index (χ0) is 29.9. The fourth-order valence-electron chi connectivity index (χ4n) is 4.78. The van der Waals surface area contributed by atoms with Crippen molar-refractivity contribution < 1.29 is 23.9 Å². The molecule has 41 heavy (non-hydrogen) atoms. The Kier molecular flexibility index (Phi) is 9.16. The Balaban J connectivity index is 1.67.